The van der Waals surface area contributed by atoms with Crippen LogP contribution in [0.15, 0.2) is 67.0 Å². The zero-order valence-corrected chi connectivity index (χ0v) is 21.8. The van der Waals surface area contributed by atoms with E-state index in [1.165, 1.54) is 7.11 Å². The quantitative estimate of drug-likeness (QED) is 0.328. The maximum atomic E-state index is 12.7. The third kappa shape index (κ3) is 7.29. The van der Waals surface area contributed by atoms with Crippen molar-refractivity contribution in [3.63, 3.8) is 0 Å². The van der Waals surface area contributed by atoms with Crippen LogP contribution in [0.4, 0.5) is 11.6 Å². The van der Waals surface area contributed by atoms with Crippen LogP contribution in [-0.4, -0.2) is 41.5 Å². The molecular formula is C27H28Cl2N4O3. The van der Waals surface area contributed by atoms with E-state index >= 15 is 0 Å². The highest BCUT2D eigenvalue weighted by atomic mass is 35.5. The lowest BCUT2D eigenvalue weighted by molar-refractivity contribution is -0.142. The lowest BCUT2D eigenvalue weighted by atomic mass is 10.1. The molecule has 0 bridgehead atoms. The lowest BCUT2D eigenvalue weighted by Gasteiger charge is -2.24. The molecule has 0 radical (unpaired) electrons. The van der Waals surface area contributed by atoms with Gasteiger partial charge in [-0.2, -0.15) is 0 Å². The Kier molecular flexibility index (Phi) is 9.85. The summed E-state index contributed by atoms with van der Waals surface area (Å²) < 4.78 is 4.86. The number of amides is 1. The average molecular weight is 527 g/mol. The van der Waals surface area contributed by atoms with Crippen LogP contribution in [0.5, 0.6) is 0 Å². The predicted molar refractivity (Wildman–Crippen MR) is 144 cm³/mol. The van der Waals surface area contributed by atoms with Crippen LogP contribution in [0, 0.1) is 5.92 Å². The Hall–Kier alpha value is -3.42. The van der Waals surface area contributed by atoms with Crippen LogP contribution < -0.4 is 10.2 Å². The van der Waals surface area contributed by atoms with E-state index in [4.69, 9.17) is 27.9 Å². The molecule has 1 heterocycles. The highest BCUT2D eigenvalue weighted by Gasteiger charge is 2.23. The largest absolute Gasteiger partial charge is 0.467 e. The second-order valence-electron chi connectivity index (χ2n) is 8.43. The van der Waals surface area contributed by atoms with Crippen LogP contribution in [0.25, 0.3) is 6.08 Å². The first-order chi connectivity index (χ1) is 17.3. The fraction of sp³-hybridized carbons (Fsp3) is 0.259. The Morgan fingerprint density at radius 2 is 1.67 bits per heavy atom. The van der Waals surface area contributed by atoms with E-state index < -0.39 is 17.9 Å². The summed E-state index contributed by atoms with van der Waals surface area (Å²) >= 11 is 12.2. The van der Waals surface area contributed by atoms with Crippen molar-refractivity contribution in [2.45, 2.75) is 26.3 Å². The van der Waals surface area contributed by atoms with E-state index in [0.29, 0.717) is 11.9 Å². The molecule has 0 spiro atoms. The van der Waals surface area contributed by atoms with Gasteiger partial charge in [0.05, 0.1) is 22.7 Å². The van der Waals surface area contributed by atoms with E-state index in [9.17, 15) is 9.59 Å². The van der Waals surface area contributed by atoms with Crippen molar-refractivity contribution >= 4 is 52.8 Å². The zero-order chi connectivity index (χ0) is 26.1. The number of rotatable bonds is 10. The van der Waals surface area contributed by atoms with Gasteiger partial charge in [-0.05, 0) is 48.2 Å². The zero-order valence-electron chi connectivity index (χ0n) is 20.3. The van der Waals surface area contributed by atoms with Gasteiger partial charge in [0.15, 0.2) is 0 Å². The van der Waals surface area contributed by atoms with Crippen molar-refractivity contribution in [1.82, 2.24) is 15.3 Å². The molecule has 2 aromatic carbocycles. The van der Waals surface area contributed by atoms with Gasteiger partial charge in [-0.25, -0.2) is 14.8 Å². The summed E-state index contributed by atoms with van der Waals surface area (Å²) in [7, 11) is 1.27. The first-order valence-electron chi connectivity index (χ1n) is 11.4. The standard InChI is InChI=1S/C27H28Cl2N4O3/c1-18(2)17-33(27-30-15-6-16-31-27)20-13-11-19(12-14-20)7-4-10-23(26(35)36-3)32-25(34)24-21(28)8-5-9-22(24)29/h4-9,11-16,18,23H,10,17H2,1-3H3,(H,32,34)/b7-4+. The number of hydrogen-bond donors (Lipinski definition) is 1. The Morgan fingerprint density at radius 3 is 2.25 bits per heavy atom. The number of halogens is 2. The molecule has 7 nitrogen and oxygen atoms in total. The smallest absolute Gasteiger partial charge is 0.328 e. The molecule has 3 aromatic rings. The molecule has 0 saturated heterocycles. The Labute approximate surface area is 221 Å². The molecule has 1 aromatic heterocycles. The molecule has 0 aliphatic carbocycles. The topological polar surface area (TPSA) is 84.4 Å². The van der Waals surface area contributed by atoms with Gasteiger partial charge in [0.2, 0.25) is 5.95 Å². The number of carbonyl (C=O) groups is 2. The second kappa shape index (κ2) is 13.0. The van der Waals surface area contributed by atoms with Crippen molar-refractivity contribution in [1.29, 1.82) is 0 Å². The third-order valence-electron chi connectivity index (χ3n) is 5.21. The molecule has 188 valence electrons. The van der Waals surface area contributed by atoms with Gasteiger partial charge >= 0.3 is 5.97 Å². The summed E-state index contributed by atoms with van der Waals surface area (Å²) in [6.07, 6.45) is 7.35. The van der Waals surface area contributed by atoms with E-state index in [2.05, 4.69) is 34.0 Å². The molecule has 9 heteroatoms. The second-order valence-corrected chi connectivity index (χ2v) is 9.24. The average Bonchev–Trinajstić information content (AvgIpc) is 2.87. The molecule has 1 unspecified atom stereocenters. The number of hydrogen-bond acceptors (Lipinski definition) is 6. The molecule has 1 amide bonds. The summed E-state index contributed by atoms with van der Waals surface area (Å²) in [4.78, 5) is 35.8. The molecule has 3 rings (SSSR count). The molecule has 0 fully saturated rings. The van der Waals surface area contributed by atoms with Gasteiger partial charge in [-0.1, -0.05) is 67.4 Å². The van der Waals surface area contributed by atoms with Gasteiger partial charge in [0.1, 0.15) is 6.04 Å². The first-order valence-corrected chi connectivity index (χ1v) is 12.2. The lowest BCUT2D eigenvalue weighted by Crippen LogP contribution is -2.41. The van der Waals surface area contributed by atoms with E-state index in [1.807, 2.05) is 30.3 Å². The summed E-state index contributed by atoms with van der Waals surface area (Å²) in [5, 5.41) is 3.06. The van der Waals surface area contributed by atoms with Crippen LogP contribution >= 0.6 is 23.2 Å². The van der Waals surface area contributed by atoms with Gasteiger partial charge in [0, 0.05) is 24.6 Å². The molecule has 0 aliphatic heterocycles. The Bertz CT molecular complexity index is 1180. The van der Waals surface area contributed by atoms with E-state index in [0.717, 1.165) is 17.8 Å². The van der Waals surface area contributed by atoms with Crippen molar-refractivity contribution in [3.05, 3.63) is 88.2 Å². The predicted octanol–water partition coefficient (Wildman–Crippen LogP) is 5.95. The number of nitrogens with zero attached hydrogens (tertiary/aromatic N) is 3. The number of methoxy groups -OCH3 is 1. The normalized spacial score (nSPS) is 11.9. The fourth-order valence-corrected chi connectivity index (χ4v) is 4.07. The number of carbonyl (C=O) groups excluding carboxylic acids is 2. The number of anilines is 2. The van der Waals surface area contributed by atoms with Crippen molar-refractivity contribution < 1.29 is 14.3 Å². The number of ether oxygens (including phenoxy) is 1. The van der Waals surface area contributed by atoms with Crippen LogP contribution in [0.1, 0.15) is 36.2 Å². The Balaban J connectivity index is 1.71. The van der Waals surface area contributed by atoms with Gasteiger partial charge in [0.25, 0.3) is 5.91 Å². The first kappa shape index (κ1) is 27.2. The summed E-state index contributed by atoms with van der Waals surface area (Å²) in [6.45, 7) is 5.06. The monoisotopic (exact) mass is 526 g/mol. The minimum absolute atomic E-state index is 0.114. The molecule has 0 aliphatic rings. The highest BCUT2D eigenvalue weighted by Crippen LogP contribution is 2.25. The van der Waals surface area contributed by atoms with Gasteiger partial charge < -0.3 is 15.0 Å². The van der Waals surface area contributed by atoms with E-state index in [1.54, 1.807) is 42.7 Å². The van der Waals surface area contributed by atoms with Gasteiger partial charge in [-0.15, -0.1) is 0 Å². The fourth-order valence-electron chi connectivity index (χ4n) is 3.51. The minimum atomic E-state index is -0.901. The van der Waals surface area contributed by atoms with Crippen molar-refractivity contribution in [2.75, 3.05) is 18.6 Å². The number of benzene rings is 2. The van der Waals surface area contributed by atoms with Gasteiger partial charge in [-0.3, -0.25) is 4.79 Å². The third-order valence-corrected chi connectivity index (χ3v) is 5.84. The summed E-state index contributed by atoms with van der Waals surface area (Å²) in [5.74, 6) is -0.0601. The SMILES string of the molecule is COC(=O)C(C/C=C/c1ccc(N(CC(C)C)c2ncccn2)cc1)NC(=O)c1c(Cl)cccc1Cl. The molecule has 1 N–H and O–H groups in total. The van der Waals surface area contributed by atoms with Crippen LogP contribution in [0.3, 0.4) is 0 Å². The maximum absolute atomic E-state index is 12.7. The highest BCUT2D eigenvalue weighted by molar-refractivity contribution is 6.39. The molecule has 36 heavy (non-hydrogen) atoms. The number of aromatic nitrogens is 2. The number of esters is 1. The minimum Gasteiger partial charge on any atom is -0.467 e. The number of nitrogens with one attached hydrogen (secondary N) is 1. The molecular weight excluding hydrogens is 499 g/mol. The van der Waals surface area contributed by atoms with Crippen LogP contribution in [0.2, 0.25) is 10.0 Å². The molecule has 1 atom stereocenters. The van der Waals surface area contributed by atoms with Crippen molar-refractivity contribution in [3.8, 4) is 0 Å². The van der Waals surface area contributed by atoms with Crippen LogP contribution in [-0.2, 0) is 9.53 Å². The summed E-state index contributed by atoms with van der Waals surface area (Å²) in [5.41, 5.74) is 2.02. The Morgan fingerprint density at radius 1 is 1.03 bits per heavy atom. The van der Waals surface area contributed by atoms with E-state index in [-0.39, 0.29) is 22.0 Å². The maximum Gasteiger partial charge on any atom is 0.328 e. The molecule has 0 saturated carbocycles. The summed E-state index contributed by atoms with van der Waals surface area (Å²) in [6, 6.07) is 13.6. The van der Waals surface area contributed by atoms with Crippen molar-refractivity contribution in [2.24, 2.45) is 5.92 Å².